The summed E-state index contributed by atoms with van der Waals surface area (Å²) < 4.78 is 7.04. The molecule has 1 N–H and O–H groups in total. The predicted molar refractivity (Wildman–Crippen MR) is 99.9 cm³/mol. The van der Waals surface area contributed by atoms with Gasteiger partial charge in [-0.2, -0.15) is 0 Å². The molecule has 3 nitrogen and oxygen atoms in total. The van der Waals surface area contributed by atoms with Gasteiger partial charge in [-0.25, -0.2) is 0 Å². The second kappa shape index (κ2) is 5.53. The van der Waals surface area contributed by atoms with E-state index < -0.39 is 0 Å². The van der Waals surface area contributed by atoms with Crippen LogP contribution in [0.15, 0.2) is 51.9 Å². The quantitative estimate of drug-likeness (QED) is 0.484. The number of rotatable bonds is 2. The summed E-state index contributed by atoms with van der Waals surface area (Å²) in [6.07, 6.45) is 0. The second-order valence-corrected chi connectivity index (χ2v) is 7.14. The molecule has 2 heterocycles. The molecule has 0 saturated heterocycles. The Balaban J connectivity index is 1.66. The van der Waals surface area contributed by atoms with Crippen LogP contribution in [0.4, 0.5) is 5.69 Å². The summed E-state index contributed by atoms with van der Waals surface area (Å²) in [6, 6.07) is 14.4. The van der Waals surface area contributed by atoms with Crippen LogP contribution in [0, 0.1) is 0 Å². The number of nitrogens with zero attached hydrogens (tertiary/aromatic N) is 1. The summed E-state index contributed by atoms with van der Waals surface area (Å²) in [5, 5.41) is 7.32. The van der Waals surface area contributed by atoms with Gasteiger partial charge in [0.15, 0.2) is 5.17 Å². The van der Waals surface area contributed by atoms with E-state index in [1.807, 2.05) is 30.0 Å². The van der Waals surface area contributed by atoms with Crippen LogP contribution in [-0.4, -0.2) is 21.4 Å². The van der Waals surface area contributed by atoms with Crippen LogP contribution in [-0.2, 0) is 0 Å². The average molecular weight is 408 g/mol. The Bertz CT molecular complexity index is 843. The number of aliphatic imine (C=N–C) groups is 1. The minimum Gasteiger partial charge on any atom is -0.456 e. The van der Waals surface area contributed by atoms with Gasteiger partial charge in [-0.1, -0.05) is 52.6 Å². The number of fused-ring (bicyclic) bond motifs is 3. The molecule has 0 amide bonds. The molecule has 0 bridgehead atoms. The zero-order valence-corrected chi connectivity index (χ0v) is 14.1. The highest BCUT2D eigenvalue weighted by Crippen LogP contribution is 2.31. The maximum Gasteiger partial charge on any atom is 0.161 e. The lowest BCUT2D eigenvalue weighted by atomic mass is 10.1. The summed E-state index contributed by atoms with van der Waals surface area (Å²) in [5.41, 5.74) is 2.87. The van der Waals surface area contributed by atoms with Crippen molar-refractivity contribution in [2.75, 3.05) is 16.3 Å². The third kappa shape index (κ3) is 2.53. The highest BCUT2D eigenvalue weighted by atomic mass is 127. The molecule has 0 aliphatic carbocycles. The molecular formula is C16H13IN2OS. The fraction of sp³-hybridized carbons (Fsp3) is 0.188. The maximum atomic E-state index is 5.91. The molecule has 106 valence electrons. The number of hydrogen-bond donors (Lipinski definition) is 1. The number of anilines is 1. The average Bonchev–Trinajstić information content (AvgIpc) is 3.10. The first-order valence-corrected chi connectivity index (χ1v) is 9.19. The van der Waals surface area contributed by atoms with E-state index >= 15 is 0 Å². The molecule has 1 aliphatic rings. The molecule has 0 fully saturated rings. The minimum atomic E-state index is 0.600. The number of amidine groups is 1. The molecule has 21 heavy (non-hydrogen) atoms. The van der Waals surface area contributed by atoms with Crippen LogP contribution >= 0.6 is 34.4 Å². The highest BCUT2D eigenvalue weighted by Gasteiger charge is 2.18. The fourth-order valence-electron chi connectivity index (χ4n) is 2.49. The van der Waals surface area contributed by atoms with Gasteiger partial charge in [0.1, 0.15) is 11.2 Å². The van der Waals surface area contributed by atoms with Crippen LogP contribution in [0.5, 0.6) is 0 Å². The van der Waals surface area contributed by atoms with Crippen molar-refractivity contribution in [2.24, 2.45) is 4.99 Å². The smallest absolute Gasteiger partial charge is 0.161 e. The SMILES string of the molecule is IC[C@H]1CN=C(Nc2ccc3c(c2)oc2ccccc23)S1. The van der Waals surface area contributed by atoms with E-state index in [0.29, 0.717) is 5.25 Å². The molecular weight excluding hydrogens is 395 g/mol. The molecule has 4 rings (SSSR count). The standard InChI is InChI=1S/C16H13IN2OS/c17-8-11-9-18-16(21-11)19-10-5-6-13-12-3-1-2-4-14(12)20-15(13)7-10/h1-7,11H,8-9H2,(H,18,19)/t11-/m0/s1. The number of benzene rings is 2. The van der Waals surface area contributed by atoms with Gasteiger partial charge in [0.25, 0.3) is 0 Å². The van der Waals surface area contributed by atoms with Crippen molar-refractivity contribution in [1.29, 1.82) is 0 Å². The number of thioether (sulfide) groups is 1. The van der Waals surface area contributed by atoms with Crippen molar-refractivity contribution in [3.05, 3.63) is 42.5 Å². The molecule has 3 aromatic rings. The molecule has 0 radical (unpaired) electrons. The summed E-state index contributed by atoms with van der Waals surface area (Å²) in [7, 11) is 0. The van der Waals surface area contributed by atoms with Crippen molar-refractivity contribution in [3.8, 4) is 0 Å². The number of halogens is 1. The minimum absolute atomic E-state index is 0.600. The number of hydrogen-bond acceptors (Lipinski definition) is 4. The van der Waals surface area contributed by atoms with E-state index in [2.05, 4.69) is 57.2 Å². The molecule has 5 heteroatoms. The van der Waals surface area contributed by atoms with Crippen LogP contribution in [0.3, 0.4) is 0 Å². The van der Waals surface area contributed by atoms with E-state index in [9.17, 15) is 0 Å². The number of alkyl halides is 1. The summed E-state index contributed by atoms with van der Waals surface area (Å²) in [6.45, 7) is 0.906. The van der Waals surface area contributed by atoms with Crippen molar-refractivity contribution in [1.82, 2.24) is 0 Å². The lowest BCUT2D eigenvalue weighted by molar-refractivity contribution is 0.669. The van der Waals surface area contributed by atoms with E-state index in [0.717, 1.165) is 43.8 Å². The van der Waals surface area contributed by atoms with Crippen molar-refractivity contribution in [3.63, 3.8) is 0 Å². The molecule has 0 spiro atoms. The third-order valence-electron chi connectivity index (χ3n) is 3.52. The van der Waals surface area contributed by atoms with Crippen molar-refractivity contribution >= 4 is 67.1 Å². The molecule has 0 saturated carbocycles. The van der Waals surface area contributed by atoms with Gasteiger partial charge in [0.2, 0.25) is 0 Å². The Hall–Kier alpha value is -1.21. The zero-order chi connectivity index (χ0) is 14.2. The summed E-state index contributed by atoms with van der Waals surface area (Å²) in [5.74, 6) is 0. The highest BCUT2D eigenvalue weighted by molar-refractivity contribution is 14.1. The maximum absolute atomic E-state index is 5.91. The molecule has 1 atom stereocenters. The molecule has 1 aliphatic heterocycles. The van der Waals surface area contributed by atoms with Gasteiger partial charge in [-0.15, -0.1) is 0 Å². The topological polar surface area (TPSA) is 37.5 Å². The summed E-state index contributed by atoms with van der Waals surface area (Å²) in [4.78, 5) is 4.54. The van der Waals surface area contributed by atoms with E-state index in [4.69, 9.17) is 4.42 Å². The molecule has 0 unspecified atom stereocenters. The van der Waals surface area contributed by atoms with Crippen molar-refractivity contribution in [2.45, 2.75) is 5.25 Å². The Morgan fingerprint density at radius 1 is 1.19 bits per heavy atom. The Kier molecular flexibility index (Phi) is 3.54. The van der Waals surface area contributed by atoms with Gasteiger partial charge >= 0.3 is 0 Å². The number of furan rings is 1. The van der Waals surface area contributed by atoms with Crippen LogP contribution in [0.2, 0.25) is 0 Å². The predicted octanol–water partition coefficient (Wildman–Crippen LogP) is 4.90. The van der Waals surface area contributed by atoms with Gasteiger partial charge in [-0.05, 0) is 18.2 Å². The van der Waals surface area contributed by atoms with Gasteiger partial charge in [-0.3, -0.25) is 4.99 Å². The van der Waals surface area contributed by atoms with E-state index in [1.165, 1.54) is 0 Å². The first-order valence-electron chi connectivity index (χ1n) is 6.79. The number of para-hydroxylation sites is 1. The van der Waals surface area contributed by atoms with Crippen molar-refractivity contribution < 1.29 is 4.42 Å². The van der Waals surface area contributed by atoms with Gasteiger partial charge < -0.3 is 9.73 Å². The Labute approximate surface area is 140 Å². The first-order chi connectivity index (χ1) is 10.3. The van der Waals surface area contributed by atoms with E-state index in [-0.39, 0.29) is 0 Å². The van der Waals surface area contributed by atoms with Crippen LogP contribution in [0.1, 0.15) is 0 Å². The molecule has 2 aromatic carbocycles. The van der Waals surface area contributed by atoms with Crippen LogP contribution < -0.4 is 5.32 Å². The second-order valence-electron chi connectivity index (χ2n) is 4.97. The number of nitrogens with one attached hydrogen (secondary N) is 1. The zero-order valence-electron chi connectivity index (χ0n) is 11.2. The third-order valence-corrected chi connectivity index (χ3v) is 6.28. The van der Waals surface area contributed by atoms with E-state index in [1.54, 1.807) is 0 Å². The Morgan fingerprint density at radius 2 is 2.05 bits per heavy atom. The normalized spacial score (nSPS) is 18.3. The van der Waals surface area contributed by atoms with Gasteiger partial charge in [0, 0.05) is 32.2 Å². The summed E-state index contributed by atoms with van der Waals surface area (Å²) >= 11 is 4.23. The molecule has 1 aromatic heterocycles. The van der Waals surface area contributed by atoms with Crippen LogP contribution in [0.25, 0.3) is 21.9 Å². The van der Waals surface area contributed by atoms with Gasteiger partial charge in [0.05, 0.1) is 6.54 Å². The lowest BCUT2D eigenvalue weighted by Gasteiger charge is -2.06. The largest absolute Gasteiger partial charge is 0.456 e. The lowest BCUT2D eigenvalue weighted by Crippen LogP contribution is -2.08. The fourth-order valence-corrected chi connectivity index (χ4v) is 4.17. The first kappa shape index (κ1) is 13.5. The Morgan fingerprint density at radius 3 is 2.90 bits per heavy atom. The monoisotopic (exact) mass is 408 g/mol.